The molecule has 0 saturated carbocycles. The smallest absolute Gasteiger partial charge is 0.306 e. The molecule has 0 aromatic carbocycles. The summed E-state index contributed by atoms with van der Waals surface area (Å²) < 4.78 is 16.8. The number of hydrogen-bond donors (Lipinski definition) is 0. The number of carbonyl (C=O) groups is 3. The van der Waals surface area contributed by atoms with Gasteiger partial charge in [-0.25, -0.2) is 0 Å². The van der Waals surface area contributed by atoms with Crippen LogP contribution in [-0.4, -0.2) is 37.2 Å². The molecule has 0 saturated heterocycles. The summed E-state index contributed by atoms with van der Waals surface area (Å²) in [4.78, 5) is 38.1. The SMILES string of the molecule is CC/C=C\C/C=C\C/C=C\C/C=C\CCCCC(=O)OCC(COC(=O)CCCCCCCCC/C=C\C/C=C\CCCCC)OC(=O)CCCCCCC/C=C\C/C=C\CCCCCC. The first-order chi connectivity index (χ1) is 32.5. The molecule has 6 heteroatoms. The van der Waals surface area contributed by atoms with Gasteiger partial charge in [0.05, 0.1) is 0 Å². The molecule has 0 aliphatic heterocycles. The van der Waals surface area contributed by atoms with Crippen LogP contribution in [0.15, 0.2) is 97.2 Å². The molecule has 66 heavy (non-hydrogen) atoms. The Hall–Kier alpha value is -3.67. The van der Waals surface area contributed by atoms with Gasteiger partial charge in [-0.1, -0.05) is 201 Å². The maximum atomic E-state index is 12.8. The molecule has 1 atom stereocenters. The van der Waals surface area contributed by atoms with Crippen LogP contribution in [0, 0.1) is 0 Å². The number of hydrogen-bond acceptors (Lipinski definition) is 6. The van der Waals surface area contributed by atoms with Crippen LogP contribution in [0.1, 0.15) is 245 Å². The minimum atomic E-state index is -0.806. The standard InChI is InChI=1S/C60H100O6/c1-4-7-10-13-16-19-22-25-28-30-33-35-38-41-44-47-50-53-59(62)65-56-57(55-64-58(61)52-49-46-43-40-37-34-31-27-24-21-18-15-12-9-6-3)66-60(63)54-51-48-45-42-39-36-32-29-26-23-20-17-14-11-8-5-2/h9,12,16,18-21,23,25,27-29,31-32,37,40,57H,4-8,10-11,13-15,17,22,24,26,30,33-36,38-39,41-56H2,1-3H3/b12-9-,19-16-,21-18-,23-20-,28-25-,31-27-,32-29-,40-37-. The summed E-state index contributed by atoms with van der Waals surface area (Å²) in [6.07, 6.45) is 71.0. The molecule has 0 rings (SSSR count). The third kappa shape index (κ3) is 51.3. The first-order valence-corrected chi connectivity index (χ1v) is 27.2. The van der Waals surface area contributed by atoms with E-state index in [0.29, 0.717) is 19.3 Å². The van der Waals surface area contributed by atoms with Gasteiger partial charge in [0.2, 0.25) is 0 Å². The van der Waals surface area contributed by atoms with Crippen molar-refractivity contribution in [1.29, 1.82) is 0 Å². The van der Waals surface area contributed by atoms with Crippen LogP contribution in [0.25, 0.3) is 0 Å². The quantitative estimate of drug-likeness (QED) is 0.0262. The van der Waals surface area contributed by atoms with E-state index in [-0.39, 0.29) is 31.1 Å². The van der Waals surface area contributed by atoms with E-state index in [0.717, 1.165) is 122 Å². The average molecular weight is 917 g/mol. The van der Waals surface area contributed by atoms with Crippen molar-refractivity contribution in [2.24, 2.45) is 0 Å². The Bertz CT molecular complexity index is 1330. The largest absolute Gasteiger partial charge is 0.462 e. The van der Waals surface area contributed by atoms with Gasteiger partial charge >= 0.3 is 17.9 Å². The van der Waals surface area contributed by atoms with Crippen LogP contribution in [0.2, 0.25) is 0 Å². The Morgan fingerprint density at radius 2 is 0.591 bits per heavy atom. The third-order valence-corrected chi connectivity index (χ3v) is 11.3. The molecule has 0 N–H and O–H groups in total. The zero-order valence-electron chi connectivity index (χ0n) is 42.9. The molecule has 0 radical (unpaired) electrons. The molecule has 376 valence electrons. The van der Waals surface area contributed by atoms with Crippen molar-refractivity contribution in [1.82, 2.24) is 0 Å². The highest BCUT2D eigenvalue weighted by molar-refractivity contribution is 5.71. The van der Waals surface area contributed by atoms with Crippen molar-refractivity contribution in [3.05, 3.63) is 97.2 Å². The summed E-state index contributed by atoms with van der Waals surface area (Å²) >= 11 is 0. The number of carbonyl (C=O) groups excluding carboxylic acids is 3. The first kappa shape index (κ1) is 62.3. The number of ether oxygens (including phenoxy) is 3. The number of rotatable bonds is 48. The summed E-state index contributed by atoms with van der Waals surface area (Å²) in [5.41, 5.74) is 0. The van der Waals surface area contributed by atoms with E-state index >= 15 is 0 Å². The Kier molecular flexibility index (Phi) is 50.9. The van der Waals surface area contributed by atoms with Crippen molar-refractivity contribution >= 4 is 17.9 Å². The van der Waals surface area contributed by atoms with Crippen molar-refractivity contribution in [3.8, 4) is 0 Å². The van der Waals surface area contributed by atoms with Crippen molar-refractivity contribution in [2.45, 2.75) is 252 Å². The van der Waals surface area contributed by atoms with Crippen LogP contribution in [0.3, 0.4) is 0 Å². The van der Waals surface area contributed by atoms with Gasteiger partial charge in [-0.15, -0.1) is 0 Å². The number of unbranched alkanes of at least 4 members (excludes halogenated alkanes) is 21. The topological polar surface area (TPSA) is 78.9 Å². The predicted octanol–water partition coefficient (Wildman–Crippen LogP) is 18.1. The highest BCUT2D eigenvalue weighted by atomic mass is 16.6. The Balaban J connectivity index is 4.49. The molecule has 1 unspecified atom stereocenters. The van der Waals surface area contributed by atoms with Gasteiger partial charge in [-0.3, -0.25) is 14.4 Å². The zero-order valence-corrected chi connectivity index (χ0v) is 42.9. The third-order valence-electron chi connectivity index (χ3n) is 11.3. The molecule has 0 aromatic heterocycles. The molecule has 0 fully saturated rings. The maximum absolute atomic E-state index is 12.8. The van der Waals surface area contributed by atoms with Crippen LogP contribution >= 0.6 is 0 Å². The normalized spacial score (nSPS) is 12.8. The van der Waals surface area contributed by atoms with Gasteiger partial charge in [-0.05, 0) is 122 Å². The van der Waals surface area contributed by atoms with Gasteiger partial charge in [0.15, 0.2) is 6.10 Å². The average Bonchev–Trinajstić information content (AvgIpc) is 3.31. The van der Waals surface area contributed by atoms with Gasteiger partial charge in [0, 0.05) is 19.3 Å². The summed E-state index contributed by atoms with van der Waals surface area (Å²) in [7, 11) is 0. The van der Waals surface area contributed by atoms with Gasteiger partial charge in [-0.2, -0.15) is 0 Å². The van der Waals surface area contributed by atoms with Crippen molar-refractivity contribution < 1.29 is 28.6 Å². The van der Waals surface area contributed by atoms with Gasteiger partial charge < -0.3 is 14.2 Å². The molecule has 0 aliphatic rings. The second-order valence-corrected chi connectivity index (χ2v) is 17.7. The fourth-order valence-corrected chi connectivity index (χ4v) is 7.20. The van der Waals surface area contributed by atoms with E-state index in [9.17, 15) is 14.4 Å². The van der Waals surface area contributed by atoms with Crippen molar-refractivity contribution in [2.75, 3.05) is 13.2 Å². The molecular weight excluding hydrogens is 817 g/mol. The highest BCUT2D eigenvalue weighted by Crippen LogP contribution is 2.13. The van der Waals surface area contributed by atoms with E-state index in [4.69, 9.17) is 14.2 Å². The Morgan fingerprint density at radius 3 is 0.985 bits per heavy atom. The highest BCUT2D eigenvalue weighted by Gasteiger charge is 2.19. The van der Waals surface area contributed by atoms with Crippen LogP contribution in [0.4, 0.5) is 0 Å². The molecular formula is C60H100O6. The van der Waals surface area contributed by atoms with E-state index in [1.807, 2.05) is 0 Å². The van der Waals surface area contributed by atoms with E-state index in [2.05, 4.69) is 118 Å². The summed E-state index contributed by atoms with van der Waals surface area (Å²) in [6, 6.07) is 0. The molecule has 6 nitrogen and oxygen atoms in total. The lowest BCUT2D eigenvalue weighted by Gasteiger charge is -2.18. The zero-order chi connectivity index (χ0) is 47.9. The first-order valence-electron chi connectivity index (χ1n) is 27.2. The Morgan fingerprint density at radius 1 is 0.318 bits per heavy atom. The molecule has 0 amide bonds. The predicted molar refractivity (Wildman–Crippen MR) is 284 cm³/mol. The van der Waals surface area contributed by atoms with E-state index in [1.54, 1.807) is 0 Å². The minimum absolute atomic E-state index is 0.102. The molecule has 0 spiro atoms. The Labute approximate surface area is 407 Å². The monoisotopic (exact) mass is 917 g/mol. The summed E-state index contributed by atoms with van der Waals surface area (Å²) in [5.74, 6) is -0.966. The van der Waals surface area contributed by atoms with Crippen LogP contribution in [-0.2, 0) is 28.6 Å². The summed E-state index contributed by atoms with van der Waals surface area (Å²) in [6.45, 7) is 6.43. The molecule has 0 bridgehead atoms. The fourth-order valence-electron chi connectivity index (χ4n) is 7.20. The lowest BCUT2D eigenvalue weighted by atomic mass is 10.1. The molecule has 0 aromatic rings. The van der Waals surface area contributed by atoms with Crippen molar-refractivity contribution in [3.63, 3.8) is 0 Å². The van der Waals surface area contributed by atoms with E-state index in [1.165, 1.54) is 83.5 Å². The summed E-state index contributed by atoms with van der Waals surface area (Å²) in [5, 5.41) is 0. The second-order valence-electron chi connectivity index (χ2n) is 17.7. The van der Waals surface area contributed by atoms with Crippen LogP contribution in [0.5, 0.6) is 0 Å². The van der Waals surface area contributed by atoms with Gasteiger partial charge in [0.1, 0.15) is 13.2 Å². The number of esters is 3. The lowest BCUT2D eigenvalue weighted by molar-refractivity contribution is -0.167. The molecule has 0 aliphatic carbocycles. The number of allylic oxidation sites excluding steroid dienone is 16. The van der Waals surface area contributed by atoms with Gasteiger partial charge in [0.25, 0.3) is 0 Å². The van der Waals surface area contributed by atoms with Crippen LogP contribution < -0.4 is 0 Å². The minimum Gasteiger partial charge on any atom is -0.462 e. The lowest BCUT2D eigenvalue weighted by Crippen LogP contribution is -2.30. The maximum Gasteiger partial charge on any atom is 0.306 e. The fraction of sp³-hybridized carbons (Fsp3) is 0.683. The second kappa shape index (κ2) is 53.9. The molecule has 0 heterocycles. The van der Waals surface area contributed by atoms with E-state index < -0.39 is 6.10 Å².